The number of pyridine rings is 1. The van der Waals surface area contributed by atoms with Crippen LogP contribution in [0.15, 0.2) is 42.6 Å². The maximum atomic E-state index is 5.67. The van der Waals surface area contributed by atoms with Crippen LogP contribution in [-0.2, 0) is 6.42 Å². The van der Waals surface area contributed by atoms with E-state index in [2.05, 4.69) is 33.8 Å². The summed E-state index contributed by atoms with van der Waals surface area (Å²) in [5, 5.41) is 0. The maximum Gasteiger partial charge on any atom is 0.160 e. The second-order valence-corrected chi connectivity index (χ2v) is 5.62. The molecule has 0 saturated heterocycles. The molecular weight excluding hydrogens is 260 g/mol. The Balaban J connectivity index is 1.89. The third kappa shape index (κ3) is 2.21. The molecule has 4 nitrogen and oxygen atoms in total. The Kier molecular flexibility index (Phi) is 2.97. The first-order chi connectivity index (χ1) is 10.4. The van der Waals surface area contributed by atoms with Gasteiger partial charge >= 0.3 is 0 Å². The van der Waals surface area contributed by atoms with Gasteiger partial charge in [0, 0.05) is 17.8 Å². The van der Waals surface area contributed by atoms with Crippen LogP contribution in [0, 0.1) is 0 Å². The number of benzene rings is 1. The molecule has 0 atom stereocenters. The second-order valence-electron chi connectivity index (χ2n) is 5.62. The lowest BCUT2D eigenvalue weighted by atomic mass is 10.1. The summed E-state index contributed by atoms with van der Waals surface area (Å²) in [6.07, 6.45) is 5.18. The Morgan fingerprint density at radius 1 is 1.19 bits per heavy atom. The van der Waals surface area contributed by atoms with Gasteiger partial charge in [0.2, 0.25) is 0 Å². The zero-order chi connectivity index (χ0) is 14.2. The molecular formula is C17H18N4. The van der Waals surface area contributed by atoms with Gasteiger partial charge in [0.1, 0.15) is 11.3 Å². The number of hydrogen-bond acceptors (Lipinski definition) is 3. The summed E-state index contributed by atoms with van der Waals surface area (Å²) in [6, 6.07) is 13.1. The van der Waals surface area contributed by atoms with Crippen molar-refractivity contribution in [3.63, 3.8) is 0 Å². The van der Waals surface area contributed by atoms with Crippen LogP contribution in [0.1, 0.15) is 24.4 Å². The van der Waals surface area contributed by atoms with Crippen molar-refractivity contribution < 1.29 is 0 Å². The molecule has 4 heteroatoms. The molecule has 0 radical (unpaired) electrons. The molecule has 1 aliphatic carbocycles. The number of fused-ring (bicyclic) bond motifs is 1. The van der Waals surface area contributed by atoms with Gasteiger partial charge in [-0.15, -0.1) is 0 Å². The lowest BCUT2D eigenvalue weighted by molar-refractivity contribution is 0.766. The minimum atomic E-state index is 0.554. The highest BCUT2D eigenvalue weighted by atomic mass is 15.2. The molecule has 2 N–H and O–H groups in total. The summed E-state index contributed by atoms with van der Waals surface area (Å²) in [5.41, 5.74) is 10.1. The quantitative estimate of drug-likeness (QED) is 0.798. The van der Waals surface area contributed by atoms with Gasteiger partial charge in [-0.1, -0.05) is 18.2 Å². The van der Waals surface area contributed by atoms with Crippen LogP contribution in [0.4, 0.5) is 0 Å². The van der Waals surface area contributed by atoms with E-state index in [-0.39, 0.29) is 0 Å². The molecule has 2 heterocycles. The summed E-state index contributed by atoms with van der Waals surface area (Å²) in [5.74, 6) is 1.03. The average Bonchev–Trinajstić information content (AvgIpc) is 3.27. The number of imidazole rings is 1. The summed E-state index contributed by atoms with van der Waals surface area (Å²) in [7, 11) is 0. The number of rotatable bonds is 4. The molecule has 1 aromatic carbocycles. The summed E-state index contributed by atoms with van der Waals surface area (Å²) in [6.45, 7) is 0.671. The van der Waals surface area contributed by atoms with Crippen LogP contribution in [-0.4, -0.2) is 21.1 Å². The van der Waals surface area contributed by atoms with Crippen LogP contribution in [0.3, 0.4) is 0 Å². The van der Waals surface area contributed by atoms with Gasteiger partial charge in [0.25, 0.3) is 0 Å². The van der Waals surface area contributed by atoms with Gasteiger partial charge in [0.05, 0.1) is 0 Å². The average molecular weight is 278 g/mol. The molecule has 3 aromatic rings. The molecule has 0 unspecified atom stereocenters. The van der Waals surface area contributed by atoms with Crippen molar-refractivity contribution in [1.82, 2.24) is 14.5 Å². The van der Waals surface area contributed by atoms with Crippen LogP contribution in [0.25, 0.3) is 22.6 Å². The molecule has 106 valence electrons. The lowest BCUT2D eigenvalue weighted by Gasteiger charge is -2.08. The standard InChI is InChI=1S/C17H18N4/c18-9-8-12-3-1-4-13(11-12)16-20-15-5-2-10-19-17(15)21(16)14-6-7-14/h1-5,10-11,14H,6-9,18H2. The van der Waals surface area contributed by atoms with Crippen molar-refractivity contribution in [3.8, 4) is 11.4 Å². The van der Waals surface area contributed by atoms with Gasteiger partial charge < -0.3 is 10.3 Å². The predicted molar refractivity (Wildman–Crippen MR) is 84.0 cm³/mol. The molecule has 1 aliphatic rings. The predicted octanol–water partition coefficient (Wildman–Crippen LogP) is 2.93. The Bertz CT molecular complexity index is 786. The van der Waals surface area contributed by atoms with E-state index in [0.29, 0.717) is 12.6 Å². The first kappa shape index (κ1) is 12.5. The van der Waals surface area contributed by atoms with Gasteiger partial charge in [-0.3, -0.25) is 0 Å². The highest BCUT2D eigenvalue weighted by Gasteiger charge is 2.29. The largest absolute Gasteiger partial charge is 0.330 e. The van der Waals surface area contributed by atoms with Crippen molar-refractivity contribution in [2.45, 2.75) is 25.3 Å². The van der Waals surface area contributed by atoms with Gasteiger partial charge in [-0.25, -0.2) is 9.97 Å². The second kappa shape index (κ2) is 4.97. The molecule has 21 heavy (non-hydrogen) atoms. The smallest absolute Gasteiger partial charge is 0.160 e. The van der Waals surface area contributed by atoms with E-state index in [1.54, 1.807) is 0 Å². The van der Waals surface area contributed by atoms with E-state index in [4.69, 9.17) is 10.7 Å². The van der Waals surface area contributed by atoms with Crippen LogP contribution < -0.4 is 5.73 Å². The van der Waals surface area contributed by atoms with Crippen LogP contribution in [0.2, 0.25) is 0 Å². The zero-order valence-corrected chi connectivity index (χ0v) is 11.9. The van der Waals surface area contributed by atoms with Crippen molar-refractivity contribution in [1.29, 1.82) is 0 Å². The Morgan fingerprint density at radius 2 is 2.10 bits per heavy atom. The topological polar surface area (TPSA) is 56.7 Å². The van der Waals surface area contributed by atoms with Crippen molar-refractivity contribution in [2.24, 2.45) is 5.73 Å². The Morgan fingerprint density at radius 3 is 2.90 bits per heavy atom. The number of aromatic nitrogens is 3. The highest BCUT2D eigenvalue weighted by Crippen LogP contribution is 2.40. The number of nitrogens with zero attached hydrogens (tertiary/aromatic N) is 3. The van der Waals surface area contributed by atoms with Crippen LogP contribution in [0.5, 0.6) is 0 Å². The van der Waals surface area contributed by atoms with Gasteiger partial charge in [0.15, 0.2) is 5.65 Å². The minimum Gasteiger partial charge on any atom is -0.330 e. The molecule has 2 aromatic heterocycles. The first-order valence-corrected chi connectivity index (χ1v) is 7.49. The SMILES string of the molecule is NCCc1cccc(-c2nc3cccnc3n2C2CC2)c1. The van der Waals surface area contributed by atoms with Crippen molar-refractivity contribution >= 4 is 11.2 Å². The lowest BCUT2D eigenvalue weighted by Crippen LogP contribution is -2.03. The fourth-order valence-corrected chi connectivity index (χ4v) is 2.84. The number of hydrogen-bond donors (Lipinski definition) is 1. The third-order valence-electron chi connectivity index (χ3n) is 3.98. The third-order valence-corrected chi connectivity index (χ3v) is 3.98. The van der Waals surface area contributed by atoms with Gasteiger partial charge in [-0.2, -0.15) is 0 Å². The monoisotopic (exact) mass is 278 g/mol. The van der Waals surface area contributed by atoms with Crippen molar-refractivity contribution in [3.05, 3.63) is 48.2 Å². The molecule has 0 spiro atoms. The van der Waals surface area contributed by atoms with E-state index < -0.39 is 0 Å². The molecule has 0 bridgehead atoms. The van der Waals surface area contributed by atoms with E-state index in [1.807, 2.05) is 18.3 Å². The Hall–Kier alpha value is -2.20. The molecule has 0 amide bonds. The Labute approximate surface area is 123 Å². The van der Waals surface area contributed by atoms with E-state index >= 15 is 0 Å². The normalized spacial score (nSPS) is 14.7. The highest BCUT2D eigenvalue weighted by molar-refractivity contribution is 5.77. The summed E-state index contributed by atoms with van der Waals surface area (Å²) in [4.78, 5) is 9.34. The zero-order valence-electron chi connectivity index (χ0n) is 11.9. The van der Waals surface area contributed by atoms with E-state index in [1.165, 1.54) is 18.4 Å². The fraction of sp³-hybridized carbons (Fsp3) is 0.294. The fourth-order valence-electron chi connectivity index (χ4n) is 2.84. The minimum absolute atomic E-state index is 0.554. The van der Waals surface area contributed by atoms with E-state index in [9.17, 15) is 0 Å². The molecule has 1 saturated carbocycles. The molecule has 4 rings (SSSR count). The van der Waals surface area contributed by atoms with Crippen molar-refractivity contribution in [2.75, 3.05) is 6.54 Å². The van der Waals surface area contributed by atoms with Crippen LogP contribution >= 0.6 is 0 Å². The van der Waals surface area contributed by atoms with Gasteiger partial charge in [-0.05, 0) is 49.6 Å². The molecule has 0 aliphatic heterocycles. The number of nitrogens with two attached hydrogens (primary N) is 1. The summed E-state index contributed by atoms with van der Waals surface area (Å²) < 4.78 is 2.30. The first-order valence-electron chi connectivity index (χ1n) is 7.49. The maximum absolute atomic E-state index is 5.67. The van der Waals surface area contributed by atoms with E-state index in [0.717, 1.165) is 29.0 Å². The molecule has 1 fully saturated rings. The summed E-state index contributed by atoms with van der Waals surface area (Å²) >= 11 is 0.